The van der Waals surface area contributed by atoms with Crippen molar-refractivity contribution >= 4 is 21.6 Å². The number of nitrogens with one attached hydrogen (secondary N) is 1. The number of alkyl halides is 3. The fraction of sp³-hybridized carbons (Fsp3) is 0.269. The summed E-state index contributed by atoms with van der Waals surface area (Å²) in [7, 11) is -4.65. The van der Waals surface area contributed by atoms with Crippen LogP contribution < -0.4 is 14.4 Å². The van der Waals surface area contributed by atoms with E-state index in [1.165, 1.54) is 32.0 Å². The Balaban J connectivity index is 1.80. The van der Waals surface area contributed by atoms with Crippen LogP contribution in [0.15, 0.2) is 65.6 Å². The molecule has 0 saturated heterocycles. The Morgan fingerprint density at radius 2 is 1.79 bits per heavy atom. The quantitative estimate of drug-likeness (QED) is 0.426. The number of benzene rings is 3. The molecule has 1 atom stereocenters. The molecule has 2 N–H and O–H groups in total. The molecule has 0 bridgehead atoms. The van der Waals surface area contributed by atoms with Gasteiger partial charge in [-0.25, -0.2) is 17.2 Å². The highest BCUT2D eigenvalue weighted by Crippen LogP contribution is 2.41. The van der Waals surface area contributed by atoms with Gasteiger partial charge >= 0.3 is 6.18 Å². The Labute approximate surface area is 220 Å². The van der Waals surface area contributed by atoms with Crippen molar-refractivity contribution in [3.8, 4) is 16.9 Å². The average molecular weight is 571 g/mol. The van der Waals surface area contributed by atoms with Gasteiger partial charge in [-0.3, -0.25) is 9.10 Å². The summed E-state index contributed by atoms with van der Waals surface area (Å²) in [5.41, 5.74) is -3.12. The molecule has 3 aromatic rings. The molecule has 1 unspecified atom stereocenters. The van der Waals surface area contributed by atoms with E-state index in [0.29, 0.717) is 6.07 Å². The fourth-order valence-electron chi connectivity index (χ4n) is 3.92. The molecular weight excluding hydrogens is 547 g/mol. The number of amides is 1. The molecule has 3 aromatic carbocycles. The number of hydrogen-bond donors (Lipinski definition) is 2. The van der Waals surface area contributed by atoms with Crippen LogP contribution in [0.3, 0.4) is 0 Å². The molecule has 1 aliphatic rings. The van der Waals surface area contributed by atoms with E-state index in [1.807, 2.05) is 0 Å². The zero-order chi connectivity index (χ0) is 28.8. The van der Waals surface area contributed by atoms with Crippen molar-refractivity contribution < 1.29 is 45.0 Å². The zero-order valence-electron chi connectivity index (χ0n) is 20.6. The molecular formula is C26H23F5N2O5S. The van der Waals surface area contributed by atoms with Crippen LogP contribution in [0, 0.1) is 11.6 Å². The standard InChI is InChI=1S/C26H23F5N2O5S/c1-25(2,35)24(34)32-13-18-14-33(39(36,37)19-5-3-4-16(11-19)26(29,30)31)22-10-15(6-9-23(22)38-18)20-12-17(27)7-8-21(20)28/h3-12,18,35H,13-14H2,1-2H3,(H,32,34). The fourth-order valence-corrected chi connectivity index (χ4v) is 5.46. The SMILES string of the molecule is CC(C)(O)C(=O)NCC1CN(S(=O)(=O)c2cccc(C(F)(F)F)c2)c2cc(-c3cc(F)ccc3F)ccc2O1. The Morgan fingerprint density at radius 3 is 2.46 bits per heavy atom. The largest absolute Gasteiger partial charge is 0.484 e. The van der Waals surface area contributed by atoms with Gasteiger partial charge in [0.25, 0.3) is 15.9 Å². The summed E-state index contributed by atoms with van der Waals surface area (Å²) >= 11 is 0. The van der Waals surface area contributed by atoms with Crippen LogP contribution in [0.4, 0.5) is 27.6 Å². The van der Waals surface area contributed by atoms with Gasteiger partial charge in [-0.15, -0.1) is 0 Å². The van der Waals surface area contributed by atoms with Crippen molar-refractivity contribution in [2.24, 2.45) is 0 Å². The van der Waals surface area contributed by atoms with Crippen molar-refractivity contribution in [3.05, 3.63) is 77.9 Å². The second-order valence-electron chi connectivity index (χ2n) is 9.38. The van der Waals surface area contributed by atoms with Crippen molar-refractivity contribution in [1.82, 2.24) is 5.32 Å². The maximum absolute atomic E-state index is 14.5. The molecule has 0 saturated carbocycles. The van der Waals surface area contributed by atoms with Crippen molar-refractivity contribution in [2.45, 2.75) is 36.6 Å². The van der Waals surface area contributed by atoms with Crippen molar-refractivity contribution in [3.63, 3.8) is 0 Å². The van der Waals surface area contributed by atoms with E-state index in [9.17, 15) is 40.3 Å². The maximum atomic E-state index is 14.5. The van der Waals surface area contributed by atoms with Gasteiger partial charge in [-0.1, -0.05) is 12.1 Å². The first-order chi connectivity index (χ1) is 18.1. The molecule has 7 nitrogen and oxygen atoms in total. The number of nitrogens with zero attached hydrogens (tertiary/aromatic N) is 1. The third-order valence-electron chi connectivity index (χ3n) is 5.93. The lowest BCUT2D eigenvalue weighted by Gasteiger charge is -2.36. The highest BCUT2D eigenvalue weighted by atomic mass is 32.2. The molecule has 4 rings (SSSR count). The molecule has 0 spiro atoms. The van der Waals surface area contributed by atoms with Crippen molar-refractivity contribution in [1.29, 1.82) is 0 Å². The number of anilines is 1. The lowest BCUT2D eigenvalue weighted by molar-refractivity contribution is -0.138. The highest BCUT2D eigenvalue weighted by Gasteiger charge is 2.38. The number of rotatable bonds is 6. The molecule has 208 valence electrons. The number of ether oxygens (including phenoxy) is 1. The van der Waals surface area contributed by atoms with Crippen molar-refractivity contribution in [2.75, 3.05) is 17.4 Å². The first-order valence-electron chi connectivity index (χ1n) is 11.5. The number of aliphatic hydroxyl groups is 1. The monoisotopic (exact) mass is 570 g/mol. The topological polar surface area (TPSA) is 95.9 Å². The molecule has 0 fully saturated rings. The maximum Gasteiger partial charge on any atom is 0.416 e. The lowest BCUT2D eigenvalue weighted by atomic mass is 10.0. The summed E-state index contributed by atoms with van der Waals surface area (Å²) in [5, 5.41) is 12.3. The van der Waals surface area contributed by atoms with Gasteiger partial charge in [-0.05, 0) is 67.9 Å². The summed E-state index contributed by atoms with van der Waals surface area (Å²) in [5.74, 6) is -2.31. The molecule has 13 heteroatoms. The summed E-state index contributed by atoms with van der Waals surface area (Å²) < 4.78 is 102. The third-order valence-corrected chi connectivity index (χ3v) is 7.70. The number of sulfonamides is 1. The minimum Gasteiger partial charge on any atom is -0.484 e. The smallest absolute Gasteiger partial charge is 0.416 e. The zero-order valence-corrected chi connectivity index (χ0v) is 21.4. The Kier molecular flexibility index (Phi) is 7.34. The molecule has 0 aromatic heterocycles. The first kappa shape index (κ1) is 28.3. The van der Waals surface area contributed by atoms with Crippen LogP contribution in [-0.2, 0) is 21.0 Å². The summed E-state index contributed by atoms with van der Waals surface area (Å²) in [6, 6.07) is 9.81. The van der Waals surface area contributed by atoms with Crippen LogP contribution in [0.2, 0.25) is 0 Å². The predicted molar refractivity (Wildman–Crippen MR) is 131 cm³/mol. The molecule has 39 heavy (non-hydrogen) atoms. The Bertz CT molecular complexity index is 1520. The molecule has 0 aliphatic carbocycles. The van der Waals surface area contributed by atoms with Gasteiger partial charge in [0.1, 0.15) is 29.1 Å². The Morgan fingerprint density at radius 1 is 1.08 bits per heavy atom. The van der Waals surface area contributed by atoms with E-state index in [2.05, 4.69) is 5.32 Å². The van der Waals surface area contributed by atoms with Gasteiger partial charge < -0.3 is 15.2 Å². The van der Waals surface area contributed by atoms with E-state index >= 15 is 0 Å². The average Bonchev–Trinajstić information content (AvgIpc) is 2.86. The first-order valence-corrected chi connectivity index (χ1v) is 13.0. The van der Waals surface area contributed by atoms with Crippen LogP contribution >= 0.6 is 0 Å². The second kappa shape index (κ2) is 10.1. The number of fused-ring (bicyclic) bond motifs is 1. The van der Waals surface area contributed by atoms with Crippen LogP contribution in [-0.4, -0.2) is 44.2 Å². The molecule has 0 radical (unpaired) electrons. The predicted octanol–water partition coefficient (Wildman–Crippen LogP) is 4.49. The minimum absolute atomic E-state index is 0.0279. The van der Waals surface area contributed by atoms with Gasteiger partial charge in [0.05, 0.1) is 29.2 Å². The normalized spacial score (nSPS) is 15.9. The van der Waals surface area contributed by atoms with Crippen LogP contribution in [0.25, 0.3) is 11.1 Å². The number of carbonyl (C=O) groups is 1. The lowest BCUT2D eigenvalue weighted by Crippen LogP contribution is -2.51. The summed E-state index contributed by atoms with van der Waals surface area (Å²) in [6.45, 7) is 1.79. The highest BCUT2D eigenvalue weighted by molar-refractivity contribution is 7.92. The van der Waals surface area contributed by atoms with E-state index < -0.39 is 62.4 Å². The third kappa shape index (κ3) is 5.98. The van der Waals surface area contributed by atoms with E-state index in [1.54, 1.807) is 0 Å². The molecule has 1 aliphatic heterocycles. The van der Waals surface area contributed by atoms with Gasteiger partial charge in [0.15, 0.2) is 0 Å². The number of carbonyl (C=O) groups excluding carboxylic acids is 1. The number of hydrogen-bond acceptors (Lipinski definition) is 5. The van der Waals surface area contributed by atoms with Gasteiger partial charge in [-0.2, -0.15) is 13.2 Å². The summed E-state index contributed by atoms with van der Waals surface area (Å²) in [4.78, 5) is 11.5. The van der Waals surface area contributed by atoms with E-state index in [0.717, 1.165) is 40.7 Å². The van der Waals surface area contributed by atoms with E-state index in [-0.39, 0.29) is 29.1 Å². The Hall–Kier alpha value is -3.71. The van der Waals surface area contributed by atoms with Gasteiger partial charge in [0, 0.05) is 5.56 Å². The van der Waals surface area contributed by atoms with E-state index in [4.69, 9.17) is 4.74 Å². The van der Waals surface area contributed by atoms with Crippen LogP contribution in [0.5, 0.6) is 5.75 Å². The molecule has 1 heterocycles. The second-order valence-corrected chi connectivity index (χ2v) is 11.2. The number of halogens is 5. The van der Waals surface area contributed by atoms with Crippen LogP contribution in [0.1, 0.15) is 19.4 Å². The minimum atomic E-state index is -4.81. The molecule has 1 amide bonds. The van der Waals surface area contributed by atoms with Gasteiger partial charge in [0.2, 0.25) is 0 Å². The summed E-state index contributed by atoms with van der Waals surface area (Å²) in [6.07, 6.45) is -5.82.